The van der Waals surface area contributed by atoms with Gasteiger partial charge in [0.2, 0.25) is 5.91 Å². The lowest BCUT2D eigenvalue weighted by Crippen LogP contribution is -2.38. The van der Waals surface area contributed by atoms with E-state index >= 15 is 0 Å². The SMILES string of the molecule is CC(O)CC(C)NCC(=O)NCc1ccccc1. The first kappa shape index (κ1) is 14.7. The molecule has 1 aromatic rings. The van der Waals surface area contributed by atoms with Crippen LogP contribution in [0.2, 0.25) is 0 Å². The van der Waals surface area contributed by atoms with E-state index in [4.69, 9.17) is 0 Å². The van der Waals surface area contributed by atoms with E-state index < -0.39 is 0 Å². The number of carbonyl (C=O) groups is 1. The molecule has 0 aromatic heterocycles. The standard InChI is InChI=1S/C14H22N2O2/c1-11(8-12(2)17)15-10-14(18)16-9-13-6-4-3-5-7-13/h3-7,11-12,15,17H,8-10H2,1-2H3,(H,16,18). The third-order valence-corrected chi connectivity index (χ3v) is 2.64. The summed E-state index contributed by atoms with van der Waals surface area (Å²) in [4.78, 5) is 11.6. The van der Waals surface area contributed by atoms with Gasteiger partial charge in [-0.1, -0.05) is 30.3 Å². The number of carbonyl (C=O) groups excluding carboxylic acids is 1. The van der Waals surface area contributed by atoms with Gasteiger partial charge in [0.05, 0.1) is 12.6 Å². The van der Waals surface area contributed by atoms with Crippen molar-refractivity contribution in [1.82, 2.24) is 10.6 Å². The molecule has 1 amide bonds. The molecular formula is C14H22N2O2. The average molecular weight is 250 g/mol. The number of hydrogen-bond donors (Lipinski definition) is 3. The summed E-state index contributed by atoms with van der Waals surface area (Å²) in [6.45, 7) is 4.53. The van der Waals surface area contributed by atoms with Crippen LogP contribution >= 0.6 is 0 Å². The number of nitrogens with one attached hydrogen (secondary N) is 2. The van der Waals surface area contributed by atoms with Gasteiger partial charge in [0.25, 0.3) is 0 Å². The average Bonchev–Trinajstić information content (AvgIpc) is 2.34. The van der Waals surface area contributed by atoms with E-state index in [-0.39, 0.29) is 24.6 Å². The van der Waals surface area contributed by atoms with Gasteiger partial charge in [-0.3, -0.25) is 4.79 Å². The molecule has 0 aliphatic heterocycles. The quantitative estimate of drug-likeness (QED) is 0.678. The Morgan fingerprint density at radius 1 is 1.28 bits per heavy atom. The van der Waals surface area contributed by atoms with Gasteiger partial charge >= 0.3 is 0 Å². The van der Waals surface area contributed by atoms with E-state index in [1.807, 2.05) is 37.3 Å². The molecule has 0 radical (unpaired) electrons. The second-order valence-electron chi connectivity index (χ2n) is 4.63. The first-order valence-corrected chi connectivity index (χ1v) is 6.30. The first-order chi connectivity index (χ1) is 8.58. The fourth-order valence-electron chi connectivity index (χ4n) is 1.72. The van der Waals surface area contributed by atoms with E-state index in [0.29, 0.717) is 13.0 Å². The summed E-state index contributed by atoms with van der Waals surface area (Å²) < 4.78 is 0. The van der Waals surface area contributed by atoms with Crippen molar-refractivity contribution in [2.75, 3.05) is 6.54 Å². The third-order valence-electron chi connectivity index (χ3n) is 2.64. The summed E-state index contributed by atoms with van der Waals surface area (Å²) in [6, 6.07) is 9.93. The molecular weight excluding hydrogens is 228 g/mol. The third kappa shape index (κ3) is 6.37. The predicted molar refractivity (Wildman–Crippen MR) is 72.1 cm³/mol. The van der Waals surface area contributed by atoms with Crippen LogP contribution < -0.4 is 10.6 Å². The van der Waals surface area contributed by atoms with Gasteiger partial charge in [-0.25, -0.2) is 0 Å². The first-order valence-electron chi connectivity index (χ1n) is 6.30. The van der Waals surface area contributed by atoms with Crippen molar-refractivity contribution in [3.63, 3.8) is 0 Å². The maximum Gasteiger partial charge on any atom is 0.234 e. The highest BCUT2D eigenvalue weighted by atomic mass is 16.3. The van der Waals surface area contributed by atoms with Gasteiger partial charge in [-0.2, -0.15) is 0 Å². The van der Waals surface area contributed by atoms with Crippen molar-refractivity contribution in [1.29, 1.82) is 0 Å². The number of amides is 1. The van der Waals surface area contributed by atoms with E-state index in [1.165, 1.54) is 0 Å². The molecule has 0 aliphatic carbocycles. The second-order valence-corrected chi connectivity index (χ2v) is 4.63. The lowest BCUT2D eigenvalue weighted by molar-refractivity contribution is -0.120. The normalized spacial score (nSPS) is 13.9. The van der Waals surface area contributed by atoms with Gasteiger partial charge in [0.1, 0.15) is 0 Å². The minimum Gasteiger partial charge on any atom is -0.393 e. The minimum absolute atomic E-state index is 0.0312. The van der Waals surface area contributed by atoms with Gasteiger partial charge in [-0.05, 0) is 25.8 Å². The summed E-state index contributed by atoms with van der Waals surface area (Å²) >= 11 is 0. The molecule has 2 unspecified atom stereocenters. The topological polar surface area (TPSA) is 61.4 Å². The van der Waals surface area contributed by atoms with E-state index in [0.717, 1.165) is 5.56 Å². The van der Waals surface area contributed by atoms with Crippen molar-refractivity contribution >= 4 is 5.91 Å². The number of aliphatic hydroxyl groups excluding tert-OH is 1. The molecule has 0 saturated heterocycles. The minimum atomic E-state index is -0.347. The van der Waals surface area contributed by atoms with Crippen LogP contribution in [0.25, 0.3) is 0 Å². The fourth-order valence-corrected chi connectivity index (χ4v) is 1.72. The zero-order valence-corrected chi connectivity index (χ0v) is 11.0. The molecule has 0 heterocycles. The van der Waals surface area contributed by atoms with E-state index in [1.54, 1.807) is 6.92 Å². The molecule has 3 N–H and O–H groups in total. The van der Waals surface area contributed by atoms with E-state index in [9.17, 15) is 9.90 Å². The highest BCUT2D eigenvalue weighted by Crippen LogP contribution is 1.97. The Kier molecular flexibility index (Phi) is 6.39. The Hall–Kier alpha value is -1.39. The molecule has 0 spiro atoms. The number of hydrogen-bond acceptors (Lipinski definition) is 3. The fraction of sp³-hybridized carbons (Fsp3) is 0.500. The predicted octanol–water partition coefficient (Wildman–Crippen LogP) is 1.05. The van der Waals surface area contributed by atoms with Gasteiger partial charge in [0, 0.05) is 12.6 Å². The molecule has 0 aliphatic rings. The van der Waals surface area contributed by atoms with Crippen LogP contribution in [-0.2, 0) is 11.3 Å². The summed E-state index contributed by atoms with van der Waals surface area (Å²) in [5.74, 6) is -0.0312. The summed E-state index contributed by atoms with van der Waals surface area (Å²) in [6.07, 6.45) is 0.297. The molecule has 100 valence electrons. The lowest BCUT2D eigenvalue weighted by atomic mass is 10.1. The Morgan fingerprint density at radius 3 is 2.56 bits per heavy atom. The smallest absolute Gasteiger partial charge is 0.234 e. The highest BCUT2D eigenvalue weighted by Gasteiger charge is 2.07. The zero-order chi connectivity index (χ0) is 13.4. The number of benzene rings is 1. The molecule has 4 nitrogen and oxygen atoms in total. The van der Waals surface area contributed by atoms with Crippen molar-refractivity contribution < 1.29 is 9.90 Å². The number of rotatable bonds is 7. The summed E-state index contributed by atoms with van der Waals surface area (Å²) in [5, 5.41) is 15.1. The molecule has 2 atom stereocenters. The summed E-state index contributed by atoms with van der Waals surface area (Å²) in [7, 11) is 0. The van der Waals surface area contributed by atoms with Gasteiger partial charge < -0.3 is 15.7 Å². The Balaban J connectivity index is 2.18. The van der Waals surface area contributed by atoms with Crippen LogP contribution in [0.5, 0.6) is 0 Å². The van der Waals surface area contributed by atoms with Crippen LogP contribution in [0.1, 0.15) is 25.8 Å². The number of aliphatic hydroxyl groups is 1. The van der Waals surface area contributed by atoms with Gasteiger partial charge in [-0.15, -0.1) is 0 Å². The van der Waals surface area contributed by atoms with Crippen molar-refractivity contribution in [2.45, 2.75) is 39.0 Å². The Bertz CT molecular complexity index is 352. The molecule has 0 bridgehead atoms. The molecule has 1 aromatic carbocycles. The van der Waals surface area contributed by atoms with Crippen molar-refractivity contribution in [3.05, 3.63) is 35.9 Å². The second kappa shape index (κ2) is 7.84. The van der Waals surface area contributed by atoms with Crippen LogP contribution in [0, 0.1) is 0 Å². The molecule has 4 heteroatoms. The summed E-state index contributed by atoms with van der Waals surface area (Å²) in [5.41, 5.74) is 1.09. The monoisotopic (exact) mass is 250 g/mol. The molecule has 1 rings (SSSR count). The zero-order valence-electron chi connectivity index (χ0n) is 11.0. The Labute approximate surface area is 108 Å². The maximum atomic E-state index is 11.6. The molecule has 18 heavy (non-hydrogen) atoms. The van der Waals surface area contributed by atoms with Crippen LogP contribution in [0.4, 0.5) is 0 Å². The van der Waals surface area contributed by atoms with Crippen molar-refractivity contribution in [3.8, 4) is 0 Å². The lowest BCUT2D eigenvalue weighted by Gasteiger charge is -2.15. The van der Waals surface area contributed by atoms with Crippen LogP contribution in [-0.4, -0.2) is 29.7 Å². The largest absolute Gasteiger partial charge is 0.393 e. The van der Waals surface area contributed by atoms with Crippen molar-refractivity contribution in [2.24, 2.45) is 0 Å². The highest BCUT2D eigenvalue weighted by molar-refractivity contribution is 5.77. The van der Waals surface area contributed by atoms with Crippen LogP contribution in [0.15, 0.2) is 30.3 Å². The molecule has 0 saturated carbocycles. The van der Waals surface area contributed by atoms with Crippen LogP contribution in [0.3, 0.4) is 0 Å². The Morgan fingerprint density at radius 2 is 1.94 bits per heavy atom. The molecule has 0 fully saturated rings. The van der Waals surface area contributed by atoms with Gasteiger partial charge in [0.15, 0.2) is 0 Å². The van der Waals surface area contributed by atoms with E-state index in [2.05, 4.69) is 10.6 Å². The maximum absolute atomic E-state index is 11.6.